The van der Waals surface area contributed by atoms with Crippen LogP contribution in [0.2, 0.25) is 0 Å². The summed E-state index contributed by atoms with van der Waals surface area (Å²) in [4.78, 5) is 23.5. The van der Waals surface area contributed by atoms with E-state index in [4.69, 9.17) is 11.6 Å². The van der Waals surface area contributed by atoms with E-state index in [1.165, 1.54) is 0 Å². The Kier molecular flexibility index (Phi) is 2.96. The molecule has 0 spiro atoms. The molecule has 1 aliphatic heterocycles. The van der Waals surface area contributed by atoms with Crippen LogP contribution in [0, 0.1) is 0 Å². The fourth-order valence-electron chi connectivity index (χ4n) is 1.97. The topological polar surface area (TPSA) is 46.2 Å². The van der Waals surface area contributed by atoms with Crippen molar-refractivity contribution in [3.05, 3.63) is 29.3 Å². The second-order valence-corrected chi connectivity index (χ2v) is 5.08. The van der Waals surface area contributed by atoms with Crippen LogP contribution < -0.4 is 5.32 Å². The van der Waals surface area contributed by atoms with E-state index in [2.05, 4.69) is 5.32 Å². The number of nitrogens with one attached hydrogen (secondary N) is 1. The third kappa shape index (κ3) is 1.95. The van der Waals surface area contributed by atoms with Gasteiger partial charge in [0.25, 0.3) is 0 Å². The quantitative estimate of drug-likeness (QED) is 0.663. The van der Waals surface area contributed by atoms with Gasteiger partial charge in [-0.3, -0.25) is 9.59 Å². The van der Waals surface area contributed by atoms with Crippen LogP contribution in [-0.2, 0) is 10.2 Å². The molecule has 1 aromatic rings. The highest BCUT2D eigenvalue weighted by Crippen LogP contribution is 2.37. The van der Waals surface area contributed by atoms with Crippen molar-refractivity contribution in [2.75, 3.05) is 11.2 Å². The molecule has 0 bridgehead atoms. The number of ketones is 1. The van der Waals surface area contributed by atoms with E-state index < -0.39 is 5.41 Å². The van der Waals surface area contributed by atoms with Crippen molar-refractivity contribution < 1.29 is 9.59 Å². The van der Waals surface area contributed by atoms with Gasteiger partial charge in [0, 0.05) is 23.6 Å². The number of amides is 1. The zero-order valence-corrected chi connectivity index (χ0v) is 10.6. The lowest BCUT2D eigenvalue weighted by atomic mass is 9.85. The van der Waals surface area contributed by atoms with Crippen LogP contribution in [0.3, 0.4) is 0 Å². The summed E-state index contributed by atoms with van der Waals surface area (Å²) in [6.07, 6.45) is 0.322. The number of hydrogen-bond acceptors (Lipinski definition) is 2. The summed E-state index contributed by atoms with van der Waals surface area (Å²) in [5.41, 5.74) is 1.71. The summed E-state index contributed by atoms with van der Waals surface area (Å²) in [5.74, 6) is 0.295. The first-order valence-electron chi connectivity index (χ1n) is 5.52. The van der Waals surface area contributed by atoms with Crippen molar-refractivity contribution in [3.63, 3.8) is 0 Å². The van der Waals surface area contributed by atoms with E-state index >= 15 is 0 Å². The molecule has 17 heavy (non-hydrogen) atoms. The standard InChI is InChI=1S/C13H14ClNO2/c1-13(2)9-7-8(11(16)5-6-14)3-4-10(9)15-12(13)17/h3-4,7H,5-6H2,1-2H3,(H,15,17). The number of benzene rings is 1. The van der Waals surface area contributed by atoms with E-state index in [9.17, 15) is 9.59 Å². The van der Waals surface area contributed by atoms with E-state index in [1.54, 1.807) is 18.2 Å². The van der Waals surface area contributed by atoms with Crippen molar-refractivity contribution in [1.29, 1.82) is 0 Å². The lowest BCUT2D eigenvalue weighted by molar-refractivity contribution is -0.119. The average molecular weight is 252 g/mol. The molecule has 0 saturated carbocycles. The molecule has 1 heterocycles. The minimum Gasteiger partial charge on any atom is -0.325 e. The summed E-state index contributed by atoms with van der Waals surface area (Å²) in [5, 5.41) is 2.81. The van der Waals surface area contributed by atoms with Gasteiger partial charge in [0.05, 0.1) is 5.41 Å². The van der Waals surface area contributed by atoms with Crippen LogP contribution in [-0.4, -0.2) is 17.6 Å². The third-order valence-corrected chi connectivity index (χ3v) is 3.34. The van der Waals surface area contributed by atoms with Gasteiger partial charge in [-0.25, -0.2) is 0 Å². The van der Waals surface area contributed by atoms with E-state index in [0.29, 0.717) is 17.9 Å². The molecule has 4 heteroatoms. The second kappa shape index (κ2) is 4.15. The molecule has 1 aromatic carbocycles. The molecule has 0 unspecified atom stereocenters. The van der Waals surface area contributed by atoms with Gasteiger partial charge >= 0.3 is 0 Å². The maximum Gasteiger partial charge on any atom is 0.234 e. The Balaban J connectivity index is 2.42. The van der Waals surface area contributed by atoms with Crippen LogP contribution in [0.15, 0.2) is 18.2 Å². The van der Waals surface area contributed by atoms with E-state index in [1.807, 2.05) is 13.8 Å². The van der Waals surface area contributed by atoms with Gasteiger partial charge in [0.15, 0.2) is 5.78 Å². The Morgan fingerprint density at radius 1 is 1.41 bits per heavy atom. The third-order valence-electron chi connectivity index (χ3n) is 3.15. The number of alkyl halides is 1. The molecule has 0 saturated heterocycles. The van der Waals surface area contributed by atoms with Crippen molar-refractivity contribution in [2.45, 2.75) is 25.7 Å². The molecule has 1 N–H and O–H groups in total. The maximum absolute atomic E-state index is 11.7. The number of anilines is 1. The minimum atomic E-state index is -0.577. The number of rotatable bonds is 3. The largest absolute Gasteiger partial charge is 0.325 e. The van der Waals surface area contributed by atoms with Crippen molar-refractivity contribution in [2.24, 2.45) is 0 Å². The normalized spacial score (nSPS) is 16.5. The first kappa shape index (κ1) is 12.1. The lowest BCUT2D eigenvalue weighted by Gasteiger charge is -2.15. The van der Waals surface area contributed by atoms with Crippen molar-refractivity contribution in [1.82, 2.24) is 0 Å². The molecule has 1 amide bonds. The van der Waals surface area contributed by atoms with Crippen LogP contribution in [0.4, 0.5) is 5.69 Å². The number of Topliss-reactive ketones (excluding diaryl/α,β-unsaturated/α-hetero) is 1. The molecular weight excluding hydrogens is 238 g/mol. The molecule has 90 valence electrons. The fourth-order valence-corrected chi connectivity index (χ4v) is 2.15. The van der Waals surface area contributed by atoms with E-state index in [-0.39, 0.29) is 11.7 Å². The van der Waals surface area contributed by atoms with Crippen LogP contribution in [0.5, 0.6) is 0 Å². The second-order valence-electron chi connectivity index (χ2n) is 4.70. The van der Waals surface area contributed by atoms with Crippen molar-refractivity contribution >= 4 is 29.0 Å². The molecule has 0 fully saturated rings. The van der Waals surface area contributed by atoms with Gasteiger partial charge in [0.1, 0.15) is 0 Å². The van der Waals surface area contributed by atoms with Gasteiger partial charge in [-0.1, -0.05) is 0 Å². The molecule has 1 aliphatic rings. The summed E-state index contributed by atoms with van der Waals surface area (Å²) in [6.45, 7) is 3.70. The predicted molar refractivity (Wildman–Crippen MR) is 67.8 cm³/mol. The highest BCUT2D eigenvalue weighted by atomic mass is 35.5. The summed E-state index contributed by atoms with van der Waals surface area (Å²) < 4.78 is 0. The minimum absolute atomic E-state index is 0.0120. The number of carbonyl (C=O) groups is 2. The highest BCUT2D eigenvalue weighted by molar-refractivity contribution is 6.19. The van der Waals surface area contributed by atoms with E-state index in [0.717, 1.165) is 11.3 Å². The molecule has 0 aromatic heterocycles. The van der Waals surface area contributed by atoms with Gasteiger partial charge < -0.3 is 5.32 Å². The number of hydrogen-bond donors (Lipinski definition) is 1. The predicted octanol–water partition coefficient (Wildman–Crippen LogP) is 2.73. The van der Waals surface area contributed by atoms with Gasteiger partial charge in [-0.2, -0.15) is 0 Å². The fraction of sp³-hybridized carbons (Fsp3) is 0.385. The molecule has 0 atom stereocenters. The summed E-state index contributed by atoms with van der Waals surface area (Å²) >= 11 is 5.56. The Morgan fingerprint density at radius 3 is 2.76 bits per heavy atom. The molecule has 0 radical (unpaired) electrons. The number of carbonyl (C=O) groups excluding carboxylic acids is 2. The smallest absolute Gasteiger partial charge is 0.234 e. The Bertz CT molecular complexity index is 494. The first-order valence-corrected chi connectivity index (χ1v) is 6.05. The Hall–Kier alpha value is -1.35. The summed E-state index contributed by atoms with van der Waals surface area (Å²) in [7, 11) is 0. The Labute approximate surface area is 105 Å². The molecular formula is C13H14ClNO2. The lowest BCUT2D eigenvalue weighted by Crippen LogP contribution is -2.27. The first-order chi connectivity index (χ1) is 7.96. The van der Waals surface area contributed by atoms with Crippen LogP contribution in [0.1, 0.15) is 36.2 Å². The maximum atomic E-state index is 11.7. The zero-order chi connectivity index (χ0) is 12.6. The zero-order valence-electron chi connectivity index (χ0n) is 9.84. The Morgan fingerprint density at radius 2 is 2.12 bits per heavy atom. The molecule has 2 rings (SSSR count). The average Bonchev–Trinajstić information content (AvgIpc) is 2.50. The van der Waals surface area contributed by atoms with Crippen LogP contribution in [0.25, 0.3) is 0 Å². The summed E-state index contributed by atoms with van der Waals surface area (Å²) in [6, 6.07) is 5.31. The van der Waals surface area contributed by atoms with Gasteiger partial charge in [-0.15, -0.1) is 11.6 Å². The SMILES string of the molecule is CC1(C)C(=O)Nc2ccc(C(=O)CCCl)cc21. The highest BCUT2D eigenvalue weighted by Gasteiger charge is 2.38. The van der Waals surface area contributed by atoms with Gasteiger partial charge in [-0.05, 0) is 37.6 Å². The van der Waals surface area contributed by atoms with Crippen LogP contribution >= 0.6 is 11.6 Å². The molecule has 0 aliphatic carbocycles. The molecule has 3 nitrogen and oxygen atoms in total. The monoisotopic (exact) mass is 251 g/mol. The number of halogens is 1. The van der Waals surface area contributed by atoms with Crippen molar-refractivity contribution in [3.8, 4) is 0 Å². The van der Waals surface area contributed by atoms with Gasteiger partial charge in [0.2, 0.25) is 5.91 Å². The number of fused-ring (bicyclic) bond motifs is 1.